The number of benzene rings is 1. The van der Waals surface area contributed by atoms with Crippen LogP contribution in [0.25, 0.3) is 0 Å². The third kappa shape index (κ3) is 3.05. The second kappa shape index (κ2) is 5.31. The Bertz CT molecular complexity index is 425. The summed E-state index contributed by atoms with van der Waals surface area (Å²) in [4.78, 5) is 11.3. The normalized spacial score (nSPS) is 18.1. The molecule has 1 atom stereocenters. The van der Waals surface area contributed by atoms with Crippen molar-refractivity contribution >= 4 is 21.9 Å². The van der Waals surface area contributed by atoms with Crippen molar-refractivity contribution in [3.63, 3.8) is 0 Å². The van der Waals surface area contributed by atoms with Crippen molar-refractivity contribution in [2.45, 2.75) is 26.2 Å². The Morgan fingerprint density at radius 1 is 1.44 bits per heavy atom. The maximum absolute atomic E-state index is 11.3. The number of carboxylic acid groups (broad SMARTS) is 1. The summed E-state index contributed by atoms with van der Waals surface area (Å²) in [7, 11) is 0. The third-order valence-electron chi connectivity index (χ3n) is 3.67. The lowest BCUT2D eigenvalue weighted by Gasteiger charge is -2.24. The summed E-state index contributed by atoms with van der Waals surface area (Å²) in [5.74, 6) is 0.398. The molecule has 3 nitrogen and oxygen atoms in total. The van der Waals surface area contributed by atoms with E-state index in [1.54, 1.807) is 0 Å². The van der Waals surface area contributed by atoms with Gasteiger partial charge in [0.25, 0.3) is 0 Å². The second-order valence-electron chi connectivity index (χ2n) is 5.05. The number of hydrogen-bond donors (Lipinski definition) is 1. The van der Waals surface area contributed by atoms with Crippen LogP contribution >= 0.6 is 15.9 Å². The van der Waals surface area contributed by atoms with Crippen LogP contribution in [0.4, 0.5) is 0 Å². The van der Waals surface area contributed by atoms with E-state index >= 15 is 0 Å². The van der Waals surface area contributed by atoms with Gasteiger partial charge in [-0.3, -0.25) is 4.79 Å². The molecule has 0 aromatic heterocycles. The lowest BCUT2D eigenvalue weighted by atomic mass is 9.82. The molecule has 1 unspecified atom stereocenters. The molecule has 1 N–H and O–H groups in total. The Kier molecular flexibility index (Phi) is 3.95. The molecule has 1 saturated carbocycles. The predicted octanol–water partition coefficient (Wildman–Crippen LogP) is 3.72. The minimum atomic E-state index is -0.704. The average Bonchev–Trinajstić information content (AvgIpc) is 3.15. The van der Waals surface area contributed by atoms with Crippen molar-refractivity contribution in [2.75, 3.05) is 6.61 Å². The van der Waals surface area contributed by atoms with Crippen LogP contribution in [0, 0.1) is 11.3 Å². The van der Waals surface area contributed by atoms with Gasteiger partial charge in [0.1, 0.15) is 5.75 Å². The molecule has 1 aliphatic carbocycles. The highest BCUT2D eigenvalue weighted by Gasteiger charge is 2.47. The van der Waals surface area contributed by atoms with Gasteiger partial charge in [0, 0.05) is 4.47 Å². The fourth-order valence-electron chi connectivity index (χ4n) is 2.12. The first-order valence-electron chi connectivity index (χ1n) is 6.14. The molecule has 0 amide bonds. The standard InChI is InChI=1S/C14H17BrO3/c1-14(13(16)17,10-2-3-10)8-9-18-12-6-4-11(15)5-7-12/h4-7,10H,2-3,8-9H2,1H3,(H,16,17). The van der Waals surface area contributed by atoms with Crippen molar-refractivity contribution < 1.29 is 14.6 Å². The molecular formula is C14H17BrO3. The molecular weight excluding hydrogens is 296 g/mol. The van der Waals surface area contributed by atoms with Gasteiger partial charge in [-0.05, 0) is 56.4 Å². The van der Waals surface area contributed by atoms with E-state index in [0.717, 1.165) is 23.1 Å². The molecule has 0 heterocycles. The Balaban J connectivity index is 1.87. The van der Waals surface area contributed by atoms with Crippen LogP contribution in [-0.2, 0) is 4.79 Å². The van der Waals surface area contributed by atoms with E-state index in [0.29, 0.717) is 18.9 Å². The minimum absolute atomic E-state index is 0.323. The monoisotopic (exact) mass is 312 g/mol. The van der Waals surface area contributed by atoms with E-state index in [2.05, 4.69) is 15.9 Å². The second-order valence-corrected chi connectivity index (χ2v) is 5.96. The lowest BCUT2D eigenvalue weighted by Crippen LogP contribution is -2.31. The van der Waals surface area contributed by atoms with Crippen molar-refractivity contribution in [3.8, 4) is 5.75 Å². The number of carbonyl (C=O) groups is 1. The van der Waals surface area contributed by atoms with Gasteiger partial charge in [-0.1, -0.05) is 15.9 Å². The van der Waals surface area contributed by atoms with Crippen molar-refractivity contribution in [1.82, 2.24) is 0 Å². The van der Waals surface area contributed by atoms with E-state index in [1.807, 2.05) is 31.2 Å². The van der Waals surface area contributed by atoms with Gasteiger partial charge >= 0.3 is 5.97 Å². The Morgan fingerprint density at radius 3 is 2.56 bits per heavy atom. The first kappa shape index (κ1) is 13.4. The van der Waals surface area contributed by atoms with E-state index in [4.69, 9.17) is 4.74 Å². The predicted molar refractivity (Wildman–Crippen MR) is 72.7 cm³/mol. The van der Waals surface area contributed by atoms with Crippen molar-refractivity contribution in [2.24, 2.45) is 11.3 Å². The summed E-state index contributed by atoms with van der Waals surface area (Å²) in [5.41, 5.74) is -0.630. The topological polar surface area (TPSA) is 46.5 Å². The van der Waals surface area contributed by atoms with Gasteiger partial charge < -0.3 is 9.84 Å². The first-order chi connectivity index (χ1) is 8.52. The maximum atomic E-state index is 11.3. The van der Waals surface area contributed by atoms with Gasteiger partial charge in [-0.2, -0.15) is 0 Å². The summed E-state index contributed by atoms with van der Waals surface area (Å²) < 4.78 is 6.60. The number of rotatable bonds is 6. The van der Waals surface area contributed by atoms with Crippen molar-refractivity contribution in [3.05, 3.63) is 28.7 Å². The van der Waals surface area contributed by atoms with Gasteiger partial charge in [0.2, 0.25) is 0 Å². The summed E-state index contributed by atoms with van der Waals surface area (Å²) in [6, 6.07) is 7.57. The van der Waals surface area contributed by atoms with E-state index in [9.17, 15) is 9.90 Å². The molecule has 1 aliphatic rings. The highest BCUT2D eigenvalue weighted by atomic mass is 79.9. The van der Waals surface area contributed by atoms with Gasteiger partial charge in [0.15, 0.2) is 0 Å². The zero-order chi connectivity index (χ0) is 13.2. The number of carboxylic acids is 1. The van der Waals surface area contributed by atoms with Crippen LogP contribution in [0.1, 0.15) is 26.2 Å². The number of hydrogen-bond acceptors (Lipinski definition) is 2. The van der Waals surface area contributed by atoms with Crippen LogP contribution in [0.15, 0.2) is 28.7 Å². The summed E-state index contributed by atoms with van der Waals surface area (Å²) in [5, 5.41) is 9.31. The maximum Gasteiger partial charge on any atom is 0.309 e. The Morgan fingerprint density at radius 2 is 2.06 bits per heavy atom. The molecule has 2 rings (SSSR count). The van der Waals surface area contributed by atoms with Crippen LogP contribution in [-0.4, -0.2) is 17.7 Å². The van der Waals surface area contributed by atoms with Gasteiger partial charge in [0.05, 0.1) is 12.0 Å². The minimum Gasteiger partial charge on any atom is -0.494 e. The van der Waals surface area contributed by atoms with Crippen LogP contribution in [0.5, 0.6) is 5.75 Å². The van der Waals surface area contributed by atoms with E-state index in [-0.39, 0.29) is 0 Å². The van der Waals surface area contributed by atoms with E-state index < -0.39 is 11.4 Å². The van der Waals surface area contributed by atoms with Crippen molar-refractivity contribution in [1.29, 1.82) is 0 Å². The summed E-state index contributed by atoms with van der Waals surface area (Å²) >= 11 is 3.36. The van der Waals surface area contributed by atoms with Gasteiger partial charge in [-0.25, -0.2) is 0 Å². The fraction of sp³-hybridized carbons (Fsp3) is 0.500. The number of ether oxygens (including phenoxy) is 1. The fourth-order valence-corrected chi connectivity index (χ4v) is 2.38. The third-order valence-corrected chi connectivity index (χ3v) is 4.20. The largest absolute Gasteiger partial charge is 0.494 e. The molecule has 0 saturated heterocycles. The molecule has 4 heteroatoms. The quantitative estimate of drug-likeness (QED) is 0.870. The molecule has 0 aliphatic heterocycles. The smallest absolute Gasteiger partial charge is 0.309 e. The summed E-state index contributed by atoms with van der Waals surface area (Å²) in [6.45, 7) is 2.28. The molecule has 1 aromatic rings. The Labute approximate surface area is 115 Å². The number of halogens is 1. The molecule has 0 spiro atoms. The molecule has 0 bridgehead atoms. The Hall–Kier alpha value is -1.03. The lowest BCUT2D eigenvalue weighted by molar-refractivity contribution is -0.150. The zero-order valence-electron chi connectivity index (χ0n) is 10.4. The SMILES string of the molecule is CC(CCOc1ccc(Br)cc1)(C(=O)O)C1CC1. The molecule has 98 valence electrons. The zero-order valence-corrected chi connectivity index (χ0v) is 11.9. The van der Waals surface area contributed by atoms with Gasteiger partial charge in [-0.15, -0.1) is 0 Å². The first-order valence-corrected chi connectivity index (χ1v) is 6.93. The van der Waals surface area contributed by atoms with Crippen LogP contribution in [0.3, 0.4) is 0 Å². The van der Waals surface area contributed by atoms with E-state index in [1.165, 1.54) is 0 Å². The van der Waals surface area contributed by atoms with Crippen LogP contribution in [0.2, 0.25) is 0 Å². The van der Waals surface area contributed by atoms with Crippen LogP contribution < -0.4 is 4.74 Å². The summed E-state index contributed by atoms with van der Waals surface area (Å²) in [6.07, 6.45) is 2.62. The average molecular weight is 313 g/mol. The molecule has 1 aromatic carbocycles. The molecule has 1 fully saturated rings. The number of aliphatic carboxylic acids is 1. The highest BCUT2D eigenvalue weighted by molar-refractivity contribution is 9.10. The molecule has 18 heavy (non-hydrogen) atoms. The highest BCUT2D eigenvalue weighted by Crippen LogP contribution is 2.47. The molecule has 0 radical (unpaired) electrons.